The smallest absolute Gasteiger partial charge is 0.257 e. The third-order valence-electron chi connectivity index (χ3n) is 4.88. The molecule has 0 radical (unpaired) electrons. The number of pyridine rings is 1. The van der Waals surface area contributed by atoms with Crippen LogP contribution in [0.4, 0.5) is 5.82 Å². The van der Waals surface area contributed by atoms with Gasteiger partial charge in [-0.05, 0) is 37.3 Å². The van der Waals surface area contributed by atoms with Crippen LogP contribution in [0.25, 0.3) is 22.2 Å². The van der Waals surface area contributed by atoms with Crippen LogP contribution in [0.5, 0.6) is 11.5 Å². The SMILES string of the molecule is COc1ccc(-c2cc(C(=O)Nc3cc(C)nn3C)c3ccccc3n2)cc1OC. The minimum absolute atomic E-state index is 0.224. The second kappa shape index (κ2) is 7.87. The molecule has 7 heteroatoms. The molecule has 30 heavy (non-hydrogen) atoms. The number of nitrogens with zero attached hydrogens (tertiary/aromatic N) is 3. The number of nitrogens with one attached hydrogen (secondary N) is 1. The highest BCUT2D eigenvalue weighted by Crippen LogP contribution is 2.33. The van der Waals surface area contributed by atoms with Gasteiger partial charge in [0.25, 0.3) is 5.91 Å². The highest BCUT2D eigenvalue weighted by molar-refractivity contribution is 6.12. The number of hydrogen-bond donors (Lipinski definition) is 1. The number of hydrogen-bond acceptors (Lipinski definition) is 5. The average Bonchev–Trinajstić information content (AvgIpc) is 3.08. The lowest BCUT2D eigenvalue weighted by atomic mass is 10.0. The fourth-order valence-electron chi connectivity index (χ4n) is 3.42. The second-order valence-corrected chi connectivity index (χ2v) is 6.89. The third kappa shape index (κ3) is 3.57. The summed E-state index contributed by atoms with van der Waals surface area (Å²) in [7, 11) is 4.97. The summed E-state index contributed by atoms with van der Waals surface area (Å²) in [6.45, 7) is 1.88. The predicted molar refractivity (Wildman–Crippen MR) is 116 cm³/mol. The van der Waals surface area contributed by atoms with E-state index in [0.29, 0.717) is 28.6 Å². The maximum atomic E-state index is 13.2. The Morgan fingerprint density at radius 3 is 2.47 bits per heavy atom. The number of aromatic nitrogens is 3. The van der Waals surface area contributed by atoms with E-state index in [1.807, 2.05) is 55.5 Å². The Morgan fingerprint density at radius 2 is 1.77 bits per heavy atom. The van der Waals surface area contributed by atoms with Crippen LogP contribution in [0.1, 0.15) is 16.1 Å². The molecule has 7 nitrogen and oxygen atoms in total. The van der Waals surface area contributed by atoms with Gasteiger partial charge in [-0.15, -0.1) is 0 Å². The van der Waals surface area contributed by atoms with Crippen LogP contribution in [0.3, 0.4) is 0 Å². The summed E-state index contributed by atoms with van der Waals surface area (Å²) < 4.78 is 12.4. The molecule has 2 heterocycles. The summed E-state index contributed by atoms with van der Waals surface area (Å²) in [6.07, 6.45) is 0. The van der Waals surface area contributed by atoms with Crippen molar-refractivity contribution in [3.8, 4) is 22.8 Å². The van der Waals surface area contributed by atoms with Gasteiger partial charge in [-0.2, -0.15) is 5.10 Å². The first-order valence-electron chi connectivity index (χ1n) is 9.44. The molecule has 0 aliphatic rings. The van der Waals surface area contributed by atoms with Gasteiger partial charge in [0.05, 0.1) is 36.7 Å². The quantitative estimate of drug-likeness (QED) is 0.541. The fraction of sp³-hybridized carbons (Fsp3) is 0.174. The zero-order chi connectivity index (χ0) is 21.3. The van der Waals surface area contributed by atoms with E-state index in [9.17, 15) is 4.79 Å². The first kappa shape index (κ1) is 19.4. The van der Waals surface area contributed by atoms with Crippen LogP contribution in [0.2, 0.25) is 0 Å². The molecule has 0 saturated carbocycles. The Hall–Kier alpha value is -3.87. The van der Waals surface area contributed by atoms with Gasteiger partial charge in [0.15, 0.2) is 11.5 Å². The molecule has 0 aliphatic heterocycles. The molecule has 152 valence electrons. The van der Waals surface area contributed by atoms with Gasteiger partial charge in [-0.1, -0.05) is 18.2 Å². The minimum Gasteiger partial charge on any atom is -0.493 e. The lowest BCUT2D eigenvalue weighted by molar-refractivity contribution is 0.102. The molecule has 1 N–H and O–H groups in total. The van der Waals surface area contributed by atoms with E-state index in [-0.39, 0.29) is 5.91 Å². The fourth-order valence-corrected chi connectivity index (χ4v) is 3.42. The topological polar surface area (TPSA) is 78.3 Å². The molecule has 4 aromatic rings. The van der Waals surface area contributed by atoms with Gasteiger partial charge in [0.2, 0.25) is 0 Å². The van der Waals surface area contributed by atoms with Crippen molar-refractivity contribution in [2.45, 2.75) is 6.92 Å². The van der Waals surface area contributed by atoms with Gasteiger partial charge >= 0.3 is 0 Å². The van der Waals surface area contributed by atoms with E-state index < -0.39 is 0 Å². The summed E-state index contributed by atoms with van der Waals surface area (Å²) in [6, 6.07) is 16.8. The average molecular weight is 402 g/mol. The summed E-state index contributed by atoms with van der Waals surface area (Å²) in [5, 5.41) is 8.01. The molecule has 0 saturated heterocycles. The van der Waals surface area contributed by atoms with Crippen LogP contribution in [0.15, 0.2) is 54.6 Å². The van der Waals surface area contributed by atoms with Gasteiger partial charge in [-0.25, -0.2) is 4.98 Å². The number of amides is 1. The Morgan fingerprint density at radius 1 is 1.00 bits per heavy atom. The van der Waals surface area contributed by atoms with Crippen LogP contribution in [-0.4, -0.2) is 34.9 Å². The van der Waals surface area contributed by atoms with Crippen molar-refractivity contribution in [3.05, 3.63) is 65.9 Å². The van der Waals surface area contributed by atoms with Gasteiger partial charge in [-0.3, -0.25) is 9.48 Å². The van der Waals surface area contributed by atoms with Crippen molar-refractivity contribution < 1.29 is 14.3 Å². The number of ether oxygens (including phenoxy) is 2. The zero-order valence-corrected chi connectivity index (χ0v) is 17.3. The first-order valence-corrected chi connectivity index (χ1v) is 9.44. The van der Waals surface area contributed by atoms with Crippen molar-refractivity contribution in [3.63, 3.8) is 0 Å². The normalized spacial score (nSPS) is 10.8. The maximum absolute atomic E-state index is 13.2. The standard InChI is InChI=1S/C23H22N4O3/c1-14-11-22(27(2)26-14)25-23(28)17-13-19(24-18-8-6-5-7-16(17)18)15-9-10-20(29-3)21(12-15)30-4/h5-13H,1-4H3,(H,25,28). The summed E-state index contributed by atoms with van der Waals surface area (Å²) in [5.74, 6) is 1.64. The van der Waals surface area contributed by atoms with Crippen molar-refractivity contribution in [2.24, 2.45) is 7.05 Å². The molecular weight excluding hydrogens is 380 g/mol. The zero-order valence-electron chi connectivity index (χ0n) is 17.3. The largest absolute Gasteiger partial charge is 0.493 e. The lowest BCUT2D eigenvalue weighted by Crippen LogP contribution is -2.15. The van der Waals surface area contributed by atoms with Crippen LogP contribution in [0, 0.1) is 6.92 Å². The van der Waals surface area contributed by atoms with E-state index in [2.05, 4.69) is 10.4 Å². The lowest BCUT2D eigenvalue weighted by Gasteiger charge is -2.12. The predicted octanol–water partition coefficient (Wildman–Crippen LogP) is 4.21. The minimum atomic E-state index is -0.224. The molecule has 2 aromatic heterocycles. The second-order valence-electron chi connectivity index (χ2n) is 6.89. The Balaban J connectivity index is 1.82. The molecule has 0 atom stereocenters. The molecule has 0 spiro atoms. The number of fused-ring (bicyclic) bond motifs is 1. The van der Waals surface area contributed by atoms with E-state index in [1.54, 1.807) is 32.0 Å². The number of carbonyl (C=O) groups is 1. The summed E-state index contributed by atoms with van der Waals surface area (Å²) in [4.78, 5) is 17.9. The number of methoxy groups -OCH3 is 2. The molecule has 0 bridgehead atoms. The number of benzene rings is 2. The Labute approximate surface area is 174 Å². The third-order valence-corrected chi connectivity index (χ3v) is 4.88. The van der Waals surface area contributed by atoms with E-state index in [0.717, 1.165) is 22.2 Å². The van der Waals surface area contributed by atoms with Gasteiger partial charge < -0.3 is 14.8 Å². The number of aryl methyl sites for hydroxylation is 2. The van der Waals surface area contributed by atoms with Crippen molar-refractivity contribution in [1.29, 1.82) is 0 Å². The first-order chi connectivity index (χ1) is 14.5. The van der Waals surface area contributed by atoms with Crippen LogP contribution >= 0.6 is 0 Å². The number of rotatable bonds is 5. The highest BCUT2D eigenvalue weighted by Gasteiger charge is 2.16. The van der Waals surface area contributed by atoms with Crippen LogP contribution < -0.4 is 14.8 Å². The maximum Gasteiger partial charge on any atom is 0.257 e. The van der Waals surface area contributed by atoms with Crippen molar-refractivity contribution in [2.75, 3.05) is 19.5 Å². The molecule has 0 aliphatic carbocycles. The van der Waals surface area contributed by atoms with E-state index >= 15 is 0 Å². The van der Waals surface area contributed by atoms with Crippen LogP contribution in [-0.2, 0) is 7.05 Å². The van der Waals surface area contributed by atoms with Gasteiger partial charge in [0, 0.05) is 24.1 Å². The molecule has 0 fully saturated rings. The summed E-state index contributed by atoms with van der Waals surface area (Å²) >= 11 is 0. The Kier molecular flexibility index (Phi) is 5.10. The summed E-state index contributed by atoms with van der Waals surface area (Å²) in [5.41, 5.74) is 3.59. The highest BCUT2D eigenvalue weighted by atomic mass is 16.5. The van der Waals surface area contributed by atoms with Crippen molar-refractivity contribution in [1.82, 2.24) is 14.8 Å². The number of para-hydroxylation sites is 1. The number of anilines is 1. The molecule has 1 amide bonds. The monoisotopic (exact) mass is 402 g/mol. The molecule has 4 rings (SSSR count). The van der Waals surface area contributed by atoms with E-state index in [4.69, 9.17) is 14.5 Å². The van der Waals surface area contributed by atoms with Gasteiger partial charge in [0.1, 0.15) is 5.82 Å². The van der Waals surface area contributed by atoms with E-state index in [1.165, 1.54) is 0 Å². The number of carbonyl (C=O) groups excluding carboxylic acids is 1. The molecule has 2 aromatic carbocycles. The molecular formula is C23H22N4O3. The van der Waals surface area contributed by atoms with Crippen molar-refractivity contribution >= 4 is 22.6 Å². The Bertz CT molecular complexity index is 1250. The molecule has 0 unspecified atom stereocenters.